The monoisotopic (exact) mass is 405 g/mol. The van der Waals surface area contributed by atoms with Crippen LogP contribution in [-0.2, 0) is 4.57 Å². The number of alkyl halides is 3. The van der Waals surface area contributed by atoms with Gasteiger partial charge in [0.15, 0.2) is 0 Å². The number of anilines is 1. The minimum absolute atomic E-state index is 0.0796. The van der Waals surface area contributed by atoms with Crippen molar-refractivity contribution in [2.24, 2.45) is 11.0 Å². The van der Waals surface area contributed by atoms with E-state index in [1.54, 1.807) is 12.1 Å². The van der Waals surface area contributed by atoms with Crippen LogP contribution >= 0.6 is 54.3 Å². The van der Waals surface area contributed by atoms with Crippen LogP contribution in [-0.4, -0.2) is 27.6 Å². The number of aromatic hydroxyl groups is 1. The molecular weight excluding hydrogens is 392 g/mol. The Bertz CT molecular complexity index is 611. The van der Waals surface area contributed by atoms with Crippen molar-refractivity contribution in [3.8, 4) is 5.75 Å². The van der Waals surface area contributed by atoms with E-state index in [0.717, 1.165) is 0 Å². The molecule has 124 valence electrons. The highest BCUT2D eigenvalue weighted by Crippen LogP contribution is 2.49. The minimum atomic E-state index is -3.57. The average molecular weight is 407 g/mol. The van der Waals surface area contributed by atoms with E-state index in [2.05, 4.69) is 4.83 Å². The van der Waals surface area contributed by atoms with Gasteiger partial charge in [-0.25, -0.2) is 0 Å². The van der Waals surface area contributed by atoms with Crippen LogP contribution in [0.25, 0.3) is 0 Å². The van der Waals surface area contributed by atoms with Gasteiger partial charge in [-0.05, 0) is 11.6 Å². The lowest BCUT2D eigenvalue weighted by Crippen LogP contribution is -2.39. The van der Waals surface area contributed by atoms with E-state index in [0.29, 0.717) is 17.8 Å². The Morgan fingerprint density at radius 2 is 2.14 bits per heavy atom. The lowest BCUT2D eigenvalue weighted by atomic mass is 10.1. The van der Waals surface area contributed by atoms with Gasteiger partial charge in [-0.1, -0.05) is 58.9 Å². The van der Waals surface area contributed by atoms with E-state index < -0.39 is 11.5 Å². The average Bonchev–Trinajstić information content (AvgIpc) is 2.85. The van der Waals surface area contributed by atoms with Crippen molar-refractivity contribution in [3.05, 3.63) is 23.8 Å². The van der Waals surface area contributed by atoms with Crippen molar-refractivity contribution in [2.45, 2.75) is 9.17 Å². The third kappa shape index (κ3) is 3.95. The van der Waals surface area contributed by atoms with Gasteiger partial charge < -0.3 is 5.11 Å². The molecule has 2 rings (SSSR count). The first-order valence-corrected chi connectivity index (χ1v) is 9.82. The number of rotatable bonds is 3. The number of para-hydroxylation sites is 1. The summed E-state index contributed by atoms with van der Waals surface area (Å²) in [5.74, 6) is -0.0796. The van der Waals surface area contributed by atoms with Gasteiger partial charge in [-0.15, -0.1) is 0 Å². The second kappa shape index (κ2) is 6.55. The van der Waals surface area contributed by atoms with Crippen molar-refractivity contribution in [2.75, 3.05) is 18.3 Å². The topological polar surface area (TPSA) is 108 Å². The van der Waals surface area contributed by atoms with Gasteiger partial charge in [0.2, 0.25) is 0 Å². The fourth-order valence-corrected chi connectivity index (χ4v) is 4.02. The summed E-state index contributed by atoms with van der Waals surface area (Å²) in [6.45, 7) is 0.352. The minimum Gasteiger partial charge on any atom is -0.506 e. The summed E-state index contributed by atoms with van der Waals surface area (Å²) < 4.78 is 11.5. The maximum Gasteiger partial charge on any atom is 0.300 e. The first-order valence-electron chi connectivity index (χ1n) is 6.00. The van der Waals surface area contributed by atoms with Crippen molar-refractivity contribution in [3.63, 3.8) is 0 Å². The Kier molecular flexibility index (Phi) is 5.49. The first-order chi connectivity index (χ1) is 10.0. The Labute approximate surface area is 147 Å². The highest BCUT2D eigenvalue weighted by molar-refractivity contribution is 7.97. The second-order valence-corrected chi connectivity index (χ2v) is 9.84. The number of nitrogens with one attached hydrogen (secondary N) is 1. The smallest absolute Gasteiger partial charge is 0.300 e. The predicted octanol–water partition coefficient (Wildman–Crippen LogP) is 2.69. The Morgan fingerprint density at radius 3 is 2.64 bits per heavy atom. The standard InChI is InChI=1S/C10H15Cl3N5O2PS/c1-17(21(14,15)20)9-6(3-2-4-7(9)19)8-5-18(16-22-8)10(11,12)13/h2-4,8,16,19H,5H2,1H3,(H4,14,15,20). The van der Waals surface area contributed by atoms with Gasteiger partial charge in [-0.3, -0.25) is 20.2 Å². The largest absolute Gasteiger partial charge is 0.506 e. The maximum absolute atomic E-state index is 11.9. The van der Waals surface area contributed by atoms with Crippen LogP contribution in [0.5, 0.6) is 5.75 Å². The van der Waals surface area contributed by atoms with Crippen LogP contribution in [0.4, 0.5) is 5.69 Å². The summed E-state index contributed by atoms with van der Waals surface area (Å²) in [5, 5.41) is 11.3. The van der Waals surface area contributed by atoms with Crippen LogP contribution in [0.3, 0.4) is 0 Å². The second-order valence-electron chi connectivity index (χ2n) is 4.69. The SMILES string of the molecule is CN(c1c(O)cccc1C1CN(C(Cl)(Cl)Cl)NS1)P(N)(N)=O. The van der Waals surface area contributed by atoms with Crippen LogP contribution < -0.4 is 20.5 Å². The highest BCUT2D eigenvalue weighted by Gasteiger charge is 2.39. The zero-order chi connectivity index (χ0) is 16.7. The van der Waals surface area contributed by atoms with E-state index in [4.69, 9.17) is 45.8 Å². The highest BCUT2D eigenvalue weighted by atomic mass is 35.6. The molecular formula is C10H15Cl3N5O2PS. The van der Waals surface area contributed by atoms with Crippen LogP contribution in [0.2, 0.25) is 0 Å². The molecule has 0 radical (unpaired) electrons. The lowest BCUT2D eigenvalue weighted by Gasteiger charge is -2.27. The number of phenols is 1. The summed E-state index contributed by atoms with van der Waals surface area (Å²) in [4.78, 5) is 2.89. The zero-order valence-electron chi connectivity index (χ0n) is 11.4. The molecule has 7 nitrogen and oxygen atoms in total. The van der Waals surface area contributed by atoms with E-state index in [1.165, 1.54) is 34.7 Å². The van der Waals surface area contributed by atoms with E-state index in [1.807, 2.05) is 0 Å². The summed E-state index contributed by atoms with van der Waals surface area (Å²) in [6, 6.07) is 4.89. The van der Waals surface area contributed by atoms with Crippen LogP contribution in [0.1, 0.15) is 10.8 Å². The molecule has 1 aliphatic rings. The maximum atomic E-state index is 11.9. The van der Waals surface area contributed by atoms with E-state index in [-0.39, 0.29) is 11.0 Å². The first kappa shape index (κ1) is 18.4. The number of nitrogens with two attached hydrogens (primary N) is 2. The fourth-order valence-electron chi connectivity index (χ4n) is 2.00. The number of halogens is 3. The van der Waals surface area contributed by atoms with Gasteiger partial charge in [-0.2, -0.15) is 9.84 Å². The van der Waals surface area contributed by atoms with Crippen molar-refractivity contribution < 1.29 is 9.67 Å². The van der Waals surface area contributed by atoms with Gasteiger partial charge in [0.1, 0.15) is 5.75 Å². The number of benzene rings is 1. The molecule has 1 aliphatic heterocycles. The Balaban J connectivity index is 2.37. The molecule has 0 spiro atoms. The molecule has 0 aliphatic carbocycles. The van der Waals surface area contributed by atoms with E-state index >= 15 is 0 Å². The van der Waals surface area contributed by atoms with Gasteiger partial charge in [0.05, 0.1) is 10.9 Å². The quantitative estimate of drug-likeness (QED) is 0.263. The normalized spacial score (nSPS) is 20.4. The lowest BCUT2D eigenvalue weighted by molar-refractivity contribution is 0.273. The molecule has 12 heteroatoms. The molecule has 1 saturated heterocycles. The third-order valence-corrected chi connectivity index (χ3v) is 5.91. The Hall–Kier alpha value is 0.110. The van der Waals surface area contributed by atoms with E-state index in [9.17, 15) is 9.67 Å². The number of hydrazine groups is 1. The summed E-state index contributed by atoms with van der Waals surface area (Å²) >= 11 is 18.8. The van der Waals surface area contributed by atoms with Crippen molar-refractivity contribution in [1.82, 2.24) is 9.84 Å². The molecule has 1 unspecified atom stereocenters. The number of hydrogen-bond donors (Lipinski definition) is 4. The van der Waals surface area contributed by atoms with Crippen molar-refractivity contribution in [1.29, 1.82) is 0 Å². The predicted molar refractivity (Wildman–Crippen MR) is 93.0 cm³/mol. The number of phenolic OH excluding ortho intramolecular Hbond substituents is 1. The molecule has 1 atom stereocenters. The molecule has 1 aromatic carbocycles. The molecule has 1 aromatic rings. The summed E-state index contributed by atoms with van der Waals surface area (Å²) in [7, 11) is -2.11. The van der Waals surface area contributed by atoms with Crippen LogP contribution in [0.15, 0.2) is 18.2 Å². The molecule has 0 bridgehead atoms. The number of nitrogens with zero attached hydrogens (tertiary/aromatic N) is 2. The molecule has 1 fully saturated rings. The molecule has 0 amide bonds. The van der Waals surface area contributed by atoms with Gasteiger partial charge in [0.25, 0.3) is 11.5 Å². The summed E-state index contributed by atoms with van der Waals surface area (Å²) in [6.07, 6.45) is 0. The number of hydrogen-bond acceptors (Lipinski definition) is 5. The summed E-state index contributed by atoms with van der Waals surface area (Å²) in [5.41, 5.74) is 12.0. The van der Waals surface area contributed by atoms with Crippen LogP contribution in [0, 0.1) is 0 Å². The van der Waals surface area contributed by atoms with Gasteiger partial charge in [0, 0.05) is 13.6 Å². The molecule has 0 saturated carbocycles. The fraction of sp³-hybridized carbons (Fsp3) is 0.400. The Morgan fingerprint density at radius 1 is 1.50 bits per heavy atom. The third-order valence-electron chi connectivity index (χ3n) is 3.14. The van der Waals surface area contributed by atoms with Gasteiger partial charge >= 0.3 is 0 Å². The molecule has 1 heterocycles. The molecule has 22 heavy (non-hydrogen) atoms. The zero-order valence-corrected chi connectivity index (χ0v) is 15.4. The molecule has 6 N–H and O–H groups in total. The van der Waals surface area contributed by atoms with Crippen molar-refractivity contribution >= 4 is 60.0 Å². The molecule has 0 aromatic heterocycles.